The van der Waals surface area contributed by atoms with Crippen molar-refractivity contribution in [2.24, 2.45) is 0 Å². The number of rotatable bonds is 2. The molecule has 0 spiro atoms. The highest BCUT2D eigenvalue weighted by Crippen LogP contribution is 2.03. The van der Waals surface area contributed by atoms with E-state index in [1.807, 2.05) is 6.20 Å². The van der Waals surface area contributed by atoms with Crippen LogP contribution in [0.15, 0.2) is 18.3 Å². The molecule has 0 saturated carbocycles. The molecule has 1 saturated heterocycles. The van der Waals surface area contributed by atoms with E-state index >= 15 is 0 Å². The summed E-state index contributed by atoms with van der Waals surface area (Å²) < 4.78 is 0. The van der Waals surface area contributed by atoms with E-state index < -0.39 is 0 Å². The van der Waals surface area contributed by atoms with Crippen molar-refractivity contribution in [3.05, 3.63) is 29.6 Å². The van der Waals surface area contributed by atoms with Crippen molar-refractivity contribution < 1.29 is 0 Å². The molecule has 0 aromatic carbocycles. The van der Waals surface area contributed by atoms with E-state index in [0.29, 0.717) is 0 Å². The Morgan fingerprint density at radius 2 is 2.14 bits per heavy atom. The summed E-state index contributed by atoms with van der Waals surface area (Å²) in [5.41, 5.74) is 2.41. The van der Waals surface area contributed by atoms with Gasteiger partial charge in [-0.15, -0.1) is 0 Å². The largest absolute Gasteiger partial charge is 0.314 e. The molecular formula is C11H17N3. The minimum atomic E-state index is 0.988. The van der Waals surface area contributed by atoms with Gasteiger partial charge in [0.25, 0.3) is 0 Å². The molecule has 0 bridgehead atoms. The molecule has 76 valence electrons. The summed E-state index contributed by atoms with van der Waals surface area (Å²) in [6, 6.07) is 4.25. The fourth-order valence-corrected chi connectivity index (χ4v) is 1.69. The van der Waals surface area contributed by atoms with Gasteiger partial charge in [-0.25, -0.2) is 0 Å². The number of aromatic nitrogens is 1. The number of piperazine rings is 1. The van der Waals surface area contributed by atoms with Crippen molar-refractivity contribution in [2.75, 3.05) is 26.2 Å². The molecule has 0 unspecified atom stereocenters. The SMILES string of the molecule is Cc1ccc(CN2CCNCC2)nc1. The molecule has 3 heteroatoms. The van der Waals surface area contributed by atoms with Gasteiger partial charge in [-0.3, -0.25) is 9.88 Å². The predicted octanol–water partition coefficient (Wildman–Crippen LogP) is 0.795. The van der Waals surface area contributed by atoms with Gasteiger partial charge in [-0.05, 0) is 18.6 Å². The van der Waals surface area contributed by atoms with Crippen LogP contribution in [-0.2, 0) is 6.54 Å². The number of pyridine rings is 1. The lowest BCUT2D eigenvalue weighted by molar-refractivity contribution is 0.230. The molecule has 14 heavy (non-hydrogen) atoms. The second-order valence-corrected chi connectivity index (χ2v) is 3.85. The van der Waals surface area contributed by atoms with Gasteiger partial charge in [0.15, 0.2) is 0 Å². The third-order valence-electron chi connectivity index (χ3n) is 2.57. The van der Waals surface area contributed by atoms with Crippen LogP contribution >= 0.6 is 0 Å². The van der Waals surface area contributed by atoms with Crippen molar-refractivity contribution in [3.63, 3.8) is 0 Å². The fraction of sp³-hybridized carbons (Fsp3) is 0.545. The monoisotopic (exact) mass is 191 g/mol. The molecule has 1 fully saturated rings. The standard InChI is InChI=1S/C11H17N3/c1-10-2-3-11(13-8-10)9-14-6-4-12-5-7-14/h2-3,8,12H,4-7,9H2,1H3. The van der Waals surface area contributed by atoms with Crippen LogP contribution in [0.25, 0.3) is 0 Å². The second kappa shape index (κ2) is 4.53. The Bertz CT molecular complexity index is 275. The van der Waals surface area contributed by atoms with Gasteiger partial charge in [0.05, 0.1) is 5.69 Å². The minimum absolute atomic E-state index is 0.988. The molecule has 3 nitrogen and oxygen atoms in total. The van der Waals surface area contributed by atoms with Crippen LogP contribution in [0.3, 0.4) is 0 Å². The third kappa shape index (κ3) is 2.53. The molecule has 2 heterocycles. The Balaban J connectivity index is 1.92. The Labute approximate surface area is 85.1 Å². The van der Waals surface area contributed by atoms with E-state index in [2.05, 4.69) is 34.3 Å². The van der Waals surface area contributed by atoms with Crippen LogP contribution in [0.2, 0.25) is 0 Å². The third-order valence-corrected chi connectivity index (χ3v) is 2.57. The average molecular weight is 191 g/mol. The summed E-state index contributed by atoms with van der Waals surface area (Å²) in [5.74, 6) is 0. The van der Waals surface area contributed by atoms with Crippen molar-refractivity contribution >= 4 is 0 Å². The van der Waals surface area contributed by atoms with Crippen molar-refractivity contribution in [1.82, 2.24) is 15.2 Å². The molecule has 0 radical (unpaired) electrons. The van der Waals surface area contributed by atoms with E-state index in [0.717, 1.165) is 32.7 Å². The smallest absolute Gasteiger partial charge is 0.0544 e. The zero-order valence-electron chi connectivity index (χ0n) is 8.66. The maximum Gasteiger partial charge on any atom is 0.0544 e. The van der Waals surface area contributed by atoms with Crippen molar-refractivity contribution in [3.8, 4) is 0 Å². The van der Waals surface area contributed by atoms with E-state index in [9.17, 15) is 0 Å². The summed E-state index contributed by atoms with van der Waals surface area (Å²) in [7, 11) is 0. The lowest BCUT2D eigenvalue weighted by atomic mass is 10.2. The van der Waals surface area contributed by atoms with Gasteiger partial charge >= 0.3 is 0 Å². The first-order chi connectivity index (χ1) is 6.84. The van der Waals surface area contributed by atoms with E-state index in [1.165, 1.54) is 11.3 Å². The van der Waals surface area contributed by atoms with Gasteiger partial charge in [0.2, 0.25) is 0 Å². The summed E-state index contributed by atoms with van der Waals surface area (Å²) in [6.07, 6.45) is 1.94. The normalized spacial score (nSPS) is 18.4. The summed E-state index contributed by atoms with van der Waals surface area (Å²) in [5, 5.41) is 3.35. The first kappa shape index (κ1) is 9.62. The maximum atomic E-state index is 4.41. The molecular weight excluding hydrogens is 174 g/mol. The summed E-state index contributed by atoms with van der Waals surface area (Å²) >= 11 is 0. The van der Waals surface area contributed by atoms with Crippen LogP contribution < -0.4 is 5.32 Å². The van der Waals surface area contributed by atoms with Gasteiger partial charge < -0.3 is 5.32 Å². The highest BCUT2D eigenvalue weighted by Gasteiger charge is 2.09. The minimum Gasteiger partial charge on any atom is -0.314 e. The summed E-state index contributed by atoms with van der Waals surface area (Å²) in [6.45, 7) is 7.53. The van der Waals surface area contributed by atoms with Gasteiger partial charge in [-0.1, -0.05) is 6.07 Å². The lowest BCUT2D eigenvalue weighted by Crippen LogP contribution is -2.43. The zero-order valence-corrected chi connectivity index (χ0v) is 8.66. The molecule has 1 N–H and O–H groups in total. The Kier molecular flexibility index (Phi) is 3.11. The Morgan fingerprint density at radius 3 is 2.79 bits per heavy atom. The predicted molar refractivity (Wildman–Crippen MR) is 57.1 cm³/mol. The maximum absolute atomic E-state index is 4.41. The average Bonchev–Trinajstić information content (AvgIpc) is 2.23. The van der Waals surface area contributed by atoms with E-state index in [-0.39, 0.29) is 0 Å². The lowest BCUT2D eigenvalue weighted by Gasteiger charge is -2.26. The Morgan fingerprint density at radius 1 is 1.36 bits per heavy atom. The number of nitrogens with one attached hydrogen (secondary N) is 1. The van der Waals surface area contributed by atoms with Gasteiger partial charge in [0, 0.05) is 38.9 Å². The molecule has 1 aromatic heterocycles. The van der Waals surface area contributed by atoms with Crippen LogP contribution in [0, 0.1) is 6.92 Å². The molecule has 1 aromatic rings. The topological polar surface area (TPSA) is 28.2 Å². The van der Waals surface area contributed by atoms with E-state index in [1.54, 1.807) is 0 Å². The molecule has 0 aliphatic carbocycles. The highest BCUT2D eigenvalue weighted by molar-refractivity contribution is 5.12. The quantitative estimate of drug-likeness (QED) is 0.749. The first-order valence-corrected chi connectivity index (χ1v) is 5.19. The molecule has 2 rings (SSSR count). The fourth-order valence-electron chi connectivity index (χ4n) is 1.69. The number of aryl methyl sites for hydroxylation is 1. The van der Waals surface area contributed by atoms with Gasteiger partial charge in [-0.2, -0.15) is 0 Å². The molecule has 0 atom stereocenters. The second-order valence-electron chi connectivity index (χ2n) is 3.85. The van der Waals surface area contributed by atoms with Crippen LogP contribution in [-0.4, -0.2) is 36.1 Å². The Hall–Kier alpha value is -0.930. The highest BCUT2D eigenvalue weighted by atomic mass is 15.2. The van der Waals surface area contributed by atoms with Crippen LogP contribution in [0.1, 0.15) is 11.3 Å². The van der Waals surface area contributed by atoms with Crippen molar-refractivity contribution in [2.45, 2.75) is 13.5 Å². The number of hydrogen-bond donors (Lipinski definition) is 1. The van der Waals surface area contributed by atoms with E-state index in [4.69, 9.17) is 0 Å². The first-order valence-electron chi connectivity index (χ1n) is 5.19. The van der Waals surface area contributed by atoms with Gasteiger partial charge in [0.1, 0.15) is 0 Å². The zero-order chi connectivity index (χ0) is 9.80. The molecule has 1 aliphatic heterocycles. The molecule has 0 amide bonds. The molecule has 1 aliphatic rings. The van der Waals surface area contributed by atoms with Crippen molar-refractivity contribution in [1.29, 1.82) is 0 Å². The van der Waals surface area contributed by atoms with Crippen LogP contribution in [0.4, 0.5) is 0 Å². The summed E-state index contributed by atoms with van der Waals surface area (Å²) in [4.78, 5) is 6.85. The number of hydrogen-bond acceptors (Lipinski definition) is 3. The number of nitrogens with zero attached hydrogens (tertiary/aromatic N) is 2. The van der Waals surface area contributed by atoms with Crippen LogP contribution in [0.5, 0.6) is 0 Å².